The number of pyridine rings is 1. The van der Waals surface area contributed by atoms with Gasteiger partial charge in [0.05, 0.1) is 18.9 Å². The van der Waals surface area contributed by atoms with Crippen molar-refractivity contribution in [2.24, 2.45) is 5.41 Å². The third-order valence-electron chi connectivity index (χ3n) is 6.52. The van der Waals surface area contributed by atoms with Crippen molar-refractivity contribution in [1.82, 2.24) is 14.2 Å². The second-order valence-corrected chi connectivity index (χ2v) is 10.1. The molecule has 29 heavy (non-hydrogen) atoms. The molecule has 3 fully saturated rings. The Kier molecular flexibility index (Phi) is 5.80. The number of aromatic nitrogens is 1. The number of hydrogen-bond donors (Lipinski definition) is 0. The van der Waals surface area contributed by atoms with Crippen LogP contribution in [0.1, 0.15) is 31.4 Å². The zero-order valence-electron chi connectivity index (χ0n) is 16.5. The topological polar surface area (TPSA) is 72.0 Å². The van der Waals surface area contributed by atoms with E-state index >= 15 is 0 Å². The van der Waals surface area contributed by atoms with Gasteiger partial charge in [0, 0.05) is 38.3 Å². The lowest BCUT2D eigenvalue weighted by Crippen LogP contribution is -2.57. The number of ether oxygens (including phenoxy) is 2. The van der Waals surface area contributed by atoms with Crippen LogP contribution in [0.15, 0.2) is 17.0 Å². The number of morpholine rings is 1. The van der Waals surface area contributed by atoms with Gasteiger partial charge in [-0.25, -0.2) is 13.4 Å². The third kappa shape index (κ3) is 4.26. The SMILES string of the molecule is Cc1nc(OC(F)F)ccc1S(=O)(=O)N1CCC2(CC1)CC(N1CCOCC1)C2. The highest BCUT2D eigenvalue weighted by atomic mass is 32.2. The zero-order valence-corrected chi connectivity index (χ0v) is 17.3. The molecular formula is C19H27F2N3O4S. The second-order valence-electron chi connectivity index (χ2n) is 8.23. The van der Waals surface area contributed by atoms with Crippen LogP contribution in [-0.2, 0) is 14.8 Å². The number of piperidine rings is 1. The Morgan fingerprint density at radius 3 is 2.41 bits per heavy atom. The Morgan fingerprint density at radius 2 is 1.83 bits per heavy atom. The minimum absolute atomic E-state index is 0.0508. The Balaban J connectivity index is 1.37. The van der Waals surface area contributed by atoms with Crippen LogP contribution in [0.25, 0.3) is 0 Å². The first-order valence-corrected chi connectivity index (χ1v) is 11.5. The Bertz CT molecular complexity index is 830. The predicted octanol–water partition coefficient (Wildman–Crippen LogP) is 2.26. The lowest BCUT2D eigenvalue weighted by atomic mass is 9.60. The van der Waals surface area contributed by atoms with Crippen molar-refractivity contribution in [3.05, 3.63) is 17.8 Å². The standard InChI is InChI=1S/C19H27F2N3O4S/c1-14-16(2-3-17(22-14)28-18(20)21)29(25,26)24-6-4-19(5-7-24)12-15(13-19)23-8-10-27-11-9-23/h2-3,15,18H,4-13H2,1H3. The molecule has 1 saturated carbocycles. The molecule has 0 amide bonds. The molecule has 0 N–H and O–H groups in total. The number of aryl methyl sites for hydroxylation is 1. The molecule has 1 aliphatic carbocycles. The fraction of sp³-hybridized carbons (Fsp3) is 0.737. The van der Waals surface area contributed by atoms with Crippen LogP contribution < -0.4 is 4.74 Å². The van der Waals surface area contributed by atoms with Crippen molar-refractivity contribution in [2.75, 3.05) is 39.4 Å². The zero-order chi connectivity index (χ0) is 20.6. The quantitative estimate of drug-likeness (QED) is 0.712. The first kappa shape index (κ1) is 20.9. The largest absolute Gasteiger partial charge is 0.417 e. The van der Waals surface area contributed by atoms with Crippen molar-refractivity contribution in [3.8, 4) is 5.88 Å². The van der Waals surface area contributed by atoms with Crippen LogP contribution in [0.2, 0.25) is 0 Å². The minimum atomic E-state index is -3.71. The van der Waals surface area contributed by atoms with E-state index in [1.165, 1.54) is 23.4 Å². The molecule has 0 radical (unpaired) electrons. The van der Waals surface area contributed by atoms with E-state index in [4.69, 9.17) is 4.74 Å². The smallest absolute Gasteiger partial charge is 0.388 e. The summed E-state index contributed by atoms with van der Waals surface area (Å²) >= 11 is 0. The molecule has 2 saturated heterocycles. The van der Waals surface area contributed by atoms with Crippen molar-refractivity contribution in [3.63, 3.8) is 0 Å². The van der Waals surface area contributed by atoms with Crippen LogP contribution in [-0.4, -0.2) is 74.7 Å². The van der Waals surface area contributed by atoms with E-state index in [1.54, 1.807) is 0 Å². The summed E-state index contributed by atoms with van der Waals surface area (Å²) in [6.07, 6.45) is 3.96. The van der Waals surface area contributed by atoms with E-state index in [0.717, 1.165) is 52.0 Å². The van der Waals surface area contributed by atoms with Gasteiger partial charge in [0.1, 0.15) is 4.90 Å². The lowest BCUT2D eigenvalue weighted by molar-refractivity contribution is -0.0670. The third-order valence-corrected chi connectivity index (χ3v) is 8.55. The van der Waals surface area contributed by atoms with Crippen molar-refractivity contribution < 1.29 is 26.7 Å². The molecule has 0 unspecified atom stereocenters. The molecule has 3 heterocycles. The van der Waals surface area contributed by atoms with Gasteiger partial charge in [-0.15, -0.1) is 0 Å². The summed E-state index contributed by atoms with van der Waals surface area (Å²) in [5.74, 6) is -0.280. The molecule has 0 aromatic carbocycles. The molecule has 1 aromatic rings. The Hall–Kier alpha value is -1.36. The second kappa shape index (κ2) is 8.05. The van der Waals surface area contributed by atoms with Gasteiger partial charge in [-0.2, -0.15) is 13.1 Å². The summed E-state index contributed by atoms with van der Waals surface area (Å²) in [6, 6.07) is 3.07. The van der Waals surface area contributed by atoms with Crippen LogP contribution in [0.3, 0.4) is 0 Å². The van der Waals surface area contributed by atoms with Crippen molar-refractivity contribution >= 4 is 10.0 Å². The highest BCUT2D eigenvalue weighted by Gasteiger charge is 2.49. The van der Waals surface area contributed by atoms with Crippen LogP contribution in [0, 0.1) is 12.3 Å². The molecule has 10 heteroatoms. The molecular weight excluding hydrogens is 404 g/mol. The number of sulfonamides is 1. The minimum Gasteiger partial charge on any atom is -0.417 e. The van der Waals surface area contributed by atoms with E-state index in [-0.39, 0.29) is 21.9 Å². The van der Waals surface area contributed by atoms with E-state index in [2.05, 4.69) is 14.6 Å². The molecule has 2 aliphatic heterocycles. The highest BCUT2D eigenvalue weighted by Crippen LogP contribution is 2.51. The molecule has 162 valence electrons. The van der Waals surface area contributed by atoms with Crippen molar-refractivity contribution in [1.29, 1.82) is 0 Å². The first-order valence-electron chi connectivity index (χ1n) is 10.0. The van der Waals surface area contributed by atoms with E-state index in [0.29, 0.717) is 19.1 Å². The van der Waals surface area contributed by atoms with Crippen LogP contribution in [0.4, 0.5) is 8.78 Å². The Labute approximate surface area is 170 Å². The Morgan fingerprint density at radius 1 is 1.17 bits per heavy atom. The van der Waals surface area contributed by atoms with Gasteiger partial charge in [0.15, 0.2) is 0 Å². The maximum Gasteiger partial charge on any atom is 0.388 e. The summed E-state index contributed by atoms with van der Waals surface area (Å²) in [6.45, 7) is 3.02. The molecule has 1 spiro atoms. The number of nitrogens with zero attached hydrogens (tertiary/aromatic N) is 3. The first-order chi connectivity index (χ1) is 13.8. The molecule has 3 aliphatic rings. The van der Waals surface area contributed by atoms with E-state index in [9.17, 15) is 17.2 Å². The van der Waals surface area contributed by atoms with Crippen LogP contribution in [0.5, 0.6) is 5.88 Å². The molecule has 7 nitrogen and oxygen atoms in total. The van der Waals surface area contributed by atoms with Gasteiger partial charge < -0.3 is 9.47 Å². The lowest BCUT2D eigenvalue weighted by Gasteiger charge is -2.55. The van der Waals surface area contributed by atoms with Gasteiger partial charge in [0.25, 0.3) is 0 Å². The normalized spacial score (nSPS) is 24.0. The van der Waals surface area contributed by atoms with Crippen molar-refractivity contribution in [2.45, 2.75) is 50.2 Å². The van der Waals surface area contributed by atoms with Gasteiger partial charge in [0.2, 0.25) is 15.9 Å². The predicted molar refractivity (Wildman–Crippen MR) is 101 cm³/mol. The van der Waals surface area contributed by atoms with Gasteiger partial charge >= 0.3 is 6.61 Å². The average molecular weight is 432 g/mol. The number of halogens is 2. The van der Waals surface area contributed by atoms with Gasteiger partial charge in [-0.05, 0) is 44.1 Å². The summed E-state index contributed by atoms with van der Waals surface area (Å²) < 4.78 is 61.9. The number of rotatable bonds is 5. The fourth-order valence-corrected chi connectivity index (χ4v) is 6.44. The maximum absolute atomic E-state index is 13.0. The molecule has 0 bridgehead atoms. The van der Waals surface area contributed by atoms with Crippen LogP contribution >= 0.6 is 0 Å². The summed E-state index contributed by atoms with van der Waals surface area (Å²) in [4.78, 5) is 6.42. The summed E-state index contributed by atoms with van der Waals surface area (Å²) in [5, 5.41) is 0. The molecule has 0 atom stereocenters. The van der Waals surface area contributed by atoms with Gasteiger partial charge in [-0.1, -0.05) is 0 Å². The van der Waals surface area contributed by atoms with E-state index in [1.807, 2.05) is 0 Å². The fourth-order valence-electron chi connectivity index (χ4n) is 4.84. The highest BCUT2D eigenvalue weighted by molar-refractivity contribution is 7.89. The monoisotopic (exact) mass is 431 g/mol. The number of alkyl halides is 2. The average Bonchev–Trinajstić information content (AvgIpc) is 2.66. The summed E-state index contributed by atoms with van der Waals surface area (Å²) in [7, 11) is -3.71. The van der Waals surface area contributed by atoms with E-state index < -0.39 is 16.6 Å². The number of hydrogen-bond acceptors (Lipinski definition) is 6. The van der Waals surface area contributed by atoms with Gasteiger partial charge in [-0.3, -0.25) is 4.90 Å². The summed E-state index contributed by atoms with van der Waals surface area (Å²) in [5.41, 5.74) is 0.413. The molecule has 1 aromatic heterocycles. The molecule has 4 rings (SSSR count). The maximum atomic E-state index is 13.0.